The van der Waals surface area contributed by atoms with E-state index in [0.29, 0.717) is 43.3 Å². The Labute approximate surface area is 276 Å². The Morgan fingerprint density at radius 3 is 1.85 bits per heavy atom. The molecule has 4 aromatic carbocycles. The van der Waals surface area contributed by atoms with Gasteiger partial charge in [0.2, 0.25) is 0 Å². The molecule has 0 aromatic heterocycles. The lowest BCUT2D eigenvalue weighted by Gasteiger charge is -2.22. The van der Waals surface area contributed by atoms with Crippen molar-refractivity contribution < 1.29 is 26.6 Å². The molecule has 4 aromatic rings. The van der Waals surface area contributed by atoms with E-state index in [0.717, 1.165) is 35.3 Å². The van der Waals surface area contributed by atoms with Crippen LogP contribution in [-0.2, 0) is 11.3 Å². The van der Waals surface area contributed by atoms with Crippen molar-refractivity contribution in [1.29, 1.82) is 0 Å². The van der Waals surface area contributed by atoms with Crippen molar-refractivity contribution in [3.05, 3.63) is 137 Å². The molecule has 0 fully saturated rings. The van der Waals surface area contributed by atoms with E-state index >= 15 is 0 Å². The number of hydrogen-bond acceptors (Lipinski definition) is 1. The van der Waals surface area contributed by atoms with Crippen LogP contribution in [0.15, 0.2) is 84.9 Å². The van der Waals surface area contributed by atoms with Crippen LogP contribution in [0.2, 0.25) is 30.1 Å². The van der Waals surface area contributed by atoms with Crippen LogP contribution in [0, 0.1) is 0 Å². The second-order valence-electron chi connectivity index (χ2n) is 9.63. The summed E-state index contributed by atoms with van der Waals surface area (Å²) in [5, 5.41) is 3.67. The van der Waals surface area contributed by atoms with Crippen LogP contribution in [0.4, 0.5) is 0 Å². The Morgan fingerprint density at radius 2 is 1.27 bits per heavy atom. The fourth-order valence-electron chi connectivity index (χ4n) is 5.03. The van der Waals surface area contributed by atoms with E-state index in [1.807, 2.05) is 54.6 Å². The van der Waals surface area contributed by atoms with Crippen LogP contribution in [0.5, 0.6) is 0 Å². The molecule has 2 unspecified atom stereocenters. The third-order valence-electron chi connectivity index (χ3n) is 7.00. The maximum Gasteiger partial charge on any atom is 0.326 e. The molecular formula is C31H26Cl7N2O+. The summed E-state index contributed by atoms with van der Waals surface area (Å²) in [6, 6.07) is 26.6. The van der Waals surface area contributed by atoms with Gasteiger partial charge in [-0.3, -0.25) is 0 Å². The third-order valence-corrected chi connectivity index (χ3v) is 8.84. The van der Waals surface area contributed by atoms with Gasteiger partial charge in [0.05, 0.1) is 16.7 Å². The molecule has 2 atom stereocenters. The normalized spacial score (nSPS) is 15.5. The summed E-state index contributed by atoms with van der Waals surface area (Å²) in [5.74, 6) is 0. The highest BCUT2D eigenvalue weighted by atomic mass is 35.5. The van der Waals surface area contributed by atoms with Crippen LogP contribution < -0.4 is 17.3 Å². The minimum absolute atomic E-state index is 0. The summed E-state index contributed by atoms with van der Waals surface area (Å²) in [4.78, 5) is 1.22. The average molecular weight is 691 g/mol. The molecule has 0 radical (unpaired) electrons. The van der Waals surface area contributed by atoms with Gasteiger partial charge in [-0.15, -0.1) is 0 Å². The van der Waals surface area contributed by atoms with Gasteiger partial charge < -0.3 is 17.1 Å². The second-order valence-corrected chi connectivity index (χ2v) is 12.1. The van der Waals surface area contributed by atoms with Gasteiger partial charge in [-0.25, -0.2) is 4.90 Å². The zero-order chi connectivity index (χ0) is 28.2. The zero-order valence-corrected chi connectivity index (χ0v) is 26.9. The molecule has 10 heteroatoms. The van der Waals surface area contributed by atoms with Gasteiger partial charge in [0, 0.05) is 36.8 Å². The third kappa shape index (κ3) is 7.92. The first-order chi connectivity index (χ1) is 19.3. The molecule has 41 heavy (non-hydrogen) atoms. The van der Waals surface area contributed by atoms with E-state index in [1.165, 1.54) is 4.90 Å². The number of rotatable bonds is 9. The highest BCUT2D eigenvalue weighted by Crippen LogP contribution is 2.32. The van der Waals surface area contributed by atoms with E-state index in [-0.39, 0.29) is 24.6 Å². The van der Waals surface area contributed by atoms with Crippen molar-refractivity contribution in [2.75, 3.05) is 19.6 Å². The summed E-state index contributed by atoms with van der Waals surface area (Å²) in [7, 11) is 0. The molecule has 0 bridgehead atoms. The first-order valence-corrected chi connectivity index (χ1v) is 15.0. The molecule has 0 spiro atoms. The van der Waals surface area contributed by atoms with Gasteiger partial charge >= 0.3 is 6.34 Å². The van der Waals surface area contributed by atoms with Crippen molar-refractivity contribution in [3.63, 3.8) is 0 Å². The second kappa shape index (κ2) is 14.8. The van der Waals surface area contributed by atoms with E-state index in [1.54, 1.807) is 18.2 Å². The number of ether oxygens (including phenoxy) is 1. The van der Waals surface area contributed by atoms with Crippen LogP contribution in [-0.4, -0.2) is 30.5 Å². The highest BCUT2D eigenvalue weighted by molar-refractivity contribution is 6.35. The maximum atomic E-state index is 6.70. The van der Waals surface area contributed by atoms with Gasteiger partial charge in [0.1, 0.15) is 12.6 Å². The van der Waals surface area contributed by atoms with Crippen LogP contribution >= 0.6 is 69.6 Å². The Morgan fingerprint density at radius 1 is 0.683 bits per heavy atom. The monoisotopic (exact) mass is 687 g/mol. The Balaban J connectivity index is 0.00000387. The smallest absolute Gasteiger partial charge is 0.326 e. The lowest BCUT2D eigenvalue weighted by atomic mass is 9.97. The van der Waals surface area contributed by atoms with E-state index in [9.17, 15) is 0 Å². The van der Waals surface area contributed by atoms with Gasteiger partial charge in [-0.05, 0) is 42.0 Å². The van der Waals surface area contributed by atoms with Gasteiger partial charge in [0.15, 0.2) is 19.1 Å². The molecule has 1 aliphatic rings. The first-order valence-electron chi connectivity index (χ1n) is 12.7. The number of nitrogens with one attached hydrogen (secondary N) is 1. The number of nitrogens with zero attached hydrogens (tertiary/aromatic N) is 1. The molecule has 0 saturated heterocycles. The summed E-state index contributed by atoms with van der Waals surface area (Å²) < 4.78 is 8.71. The topological polar surface area (TPSA) is 16.7 Å². The quantitative estimate of drug-likeness (QED) is 0.227. The molecule has 3 nitrogen and oxygen atoms in total. The lowest BCUT2D eigenvalue weighted by Crippen LogP contribution is -3.10. The van der Waals surface area contributed by atoms with E-state index in [2.05, 4.69) is 23.0 Å². The minimum atomic E-state index is -0.341. The highest BCUT2D eigenvalue weighted by Gasteiger charge is 2.37. The molecule has 1 N–H and O–H groups in total. The van der Waals surface area contributed by atoms with Crippen LogP contribution in [0.1, 0.15) is 34.4 Å². The zero-order valence-electron chi connectivity index (χ0n) is 21.6. The molecule has 1 heterocycles. The fourth-order valence-corrected chi connectivity index (χ4v) is 6.51. The predicted octanol–water partition coefficient (Wildman–Crippen LogP) is 5.60. The SMILES string of the molecule is Clc1ccc(COC(C[N+]2=C[NH+](C(c3ccccc3Cl)c3ccccc3Cl)CC2)c2ccc(Cl)cc2Cl)c(Cl)c1.[Cl-]. The van der Waals surface area contributed by atoms with Crippen molar-refractivity contribution in [1.82, 2.24) is 0 Å². The molecule has 0 saturated carbocycles. The van der Waals surface area contributed by atoms with Crippen molar-refractivity contribution >= 4 is 75.9 Å². The minimum Gasteiger partial charge on any atom is -1.00 e. The van der Waals surface area contributed by atoms with Gasteiger partial charge in [-0.2, -0.15) is 4.58 Å². The predicted molar refractivity (Wildman–Crippen MR) is 167 cm³/mol. The van der Waals surface area contributed by atoms with Crippen molar-refractivity contribution in [3.8, 4) is 0 Å². The van der Waals surface area contributed by atoms with E-state index in [4.69, 9.17) is 74.3 Å². The molecule has 0 amide bonds. The van der Waals surface area contributed by atoms with Crippen LogP contribution in [0.3, 0.4) is 0 Å². The van der Waals surface area contributed by atoms with Crippen molar-refractivity contribution in [2.24, 2.45) is 0 Å². The number of halogens is 7. The molecule has 214 valence electrons. The summed E-state index contributed by atoms with van der Waals surface area (Å²) in [6.07, 6.45) is 1.86. The molecular weight excluding hydrogens is 665 g/mol. The number of quaternary nitrogens is 1. The molecule has 1 aliphatic heterocycles. The maximum absolute atomic E-state index is 6.70. The Kier molecular flexibility index (Phi) is 11.7. The largest absolute Gasteiger partial charge is 1.00 e. The fraction of sp³-hybridized carbons (Fsp3) is 0.194. The summed E-state index contributed by atoms with van der Waals surface area (Å²) >= 11 is 38.8. The Hall–Kier alpha value is -1.50. The first kappa shape index (κ1) is 32.4. The number of benzene rings is 4. The average Bonchev–Trinajstić information content (AvgIpc) is 3.38. The van der Waals surface area contributed by atoms with Crippen LogP contribution in [0.25, 0.3) is 0 Å². The van der Waals surface area contributed by atoms with Gasteiger partial charge in [0.25, 0.3) is 0 Å². The number of hydrogen-bond donors (Lipinski definition) is 1. The Bertz CT molecular complexity index is 1500. The standard InChI is InChI=1S/C31H25Cl6N2O.ClH/c32-21-10-9-20(28(36)15-21)18-40-30(23-12-11-22(33)16-29(23)37)17-38-13-14-39(19-38)31(24-5-1-3-7-26(24)34)25-6-2-4-8-27(25)35;/h1-12,15-16,19,30-31H,13-14,17-18H2;1H/q+1;. The van der Waals surface area contributed by atoms with Crippen molar-refractivity contribution in [2.45, 2.75) is 18.8 Å². The lowest BCUT2D eigenvalue weighted by molar-refractivity contribution is -0.822. The summed E-state index contributed by atoms with van der Waals surface area (Å²) in [5.41, 5.74) is 3.75. The summed E-state index contributed by atoms with van der Waals surface area (Å²) in [6.45, 7) is 2.54. The molecule has 5 rings (SSSR count). The van der Waals surface area contributed by atoms with E-state index < -0.39 is 0 Å². The van der Waals surface area contributed by atoms with Gasteiger partial charge in [-0.1, -0.05) is 118 Å². The molecule has 0 aliphatic carbocycles.